The lowest BCUT2D eigenvalue weighted by atomic mass is 10.1. The maximum absolute atomic E-state index is 13.8. The molecule has 36 heavy (non-hydrogen) atoms. The van der Waals surface area contributed by atoms with E-state index in [1.165, 1.54) is 30.3 Å². The number of hydrogen-bond acceptors (Lipinski definition) is 3. The Morgan fingerprint density at radius 2 is 1.58 bits per heavy atom. The second-order valence-electron chi connectivity index (χ2n) is 8.25. The highest BCUT2D eigenvalue weighted by molar-refractivity contribution is 5.92. The van der Waals surface area contributed by atoms with Crippen LogP contribution in [0.1, 0.15) is 11.1 Å². The summed E-state index contributed by atoms with van der Waals surface area (Å²) in [6.07, 6.45) is 1.87. The highest BCUT2D eigenvalue weighted by Crippen LogP contribution is 2.21. The van der Waals surface area contributed by atoms with Crippen molar-refractivity contribution >= 4 is 23.5 Å². The first-order valence-corrected chi connectivity index (χ1v) is 11.3. The third-order valence-corrected chi connectivity index (χ3v) is 5.77. The number of aliphatic imine (C=N–C) groups is 1. The van der Waals surface area contributed by atoms with Crippen LogP contribution in [-0.2, 0) is 11.2 Å². The highest BCUT2D eigenvalue weighted by Gasteiger charge is 2.28. The highest BCUT2D eigenvalue weighted by atomic mass is 19.2. The van der Waals surface area contributed by atoms with Crippen molar-refractivity contribution in [2.24, 2.45) is 4.99 Å². The van der Waals surface area contributed by atoms with Crippen LogP contribution < -0.4 is 5.32 Å². The van der Waals surface area contributed by atoms with Gasteiger partial charge in [-0.3, -0.25) is 9.79 Å². The summed E-state index contributed by atoms with van der Waals surface area (Å²) < 4.78 is 53.9. The summed E-state index contributed by atoms with van der Waals surface area (Å²) in [5.41, 5.74) is 1.69. The van der Waals surface area contributed by atoms with Crippen LogP contribution in [-0.4, -0.2) is 48.2 Å². The second-order valence-corrected chi connectivity index (χ2v) is 8.25. The van der Waals surface area contributed by atoms with Crippen molar-refractivity contribution < 1.29 is 22.4 Å². The first-order chi connectivity index (χ1) is 17.3. The van der Waals surface area contributed by atoms with Gasteiger partial charge in [-0.25, -0.2) is 17.6 Å². The maximum Gasteiger partial charge on any atom is 0.227 e. The molecule has 1 amide bonds. The molecule has 3 aromatic rings. The quantitative estimate of drug-likeness (QED) is 0.485. The largest absolute Gasteiger partial charge is 0.342 e. The van der Waals surface area contributed by atoms with Crippen LogP contribution in [0.25, 0.3) is 6.08 Å². The zero-order chi connectivity index (χ0) is 25.7. The second kappa shape index (κ2) is 11.1. The van der Waals surface area contributed by atoms with Gasteiger partial charge in [0.15, 0.2) is 11.6 Å². The molecule has 1 aliphatic heterocycles. The average molecular weight is 497 g/mol. The van der Waals surface area contributed by atoms with Gasteiger partial charge < -0.3 is 15.1 Å². The molecule has 9 heteroatoms. The number of piperazine rings is 1. The van der Waals surface area contributed by atoms with Crippen molar-refractivity contribution in [2.75, 3.05) is 32.0 Å². The lowest BCUT2D eigenvalue weighted by Gasteiger charge is -2.38. The minimum atomic E-state index is -0.998. The predicted molar refractivity (Wildman–Crippen MR) is 131 cm³/mol. The maximum atomic E-state index is 13.8. The fourth-order valence-electron chi connectivity index (χ4n) is 3.86. The summed E-state index contributed by atoms with van der Waals surface area (Å²) in [6.45, 7) is 0.960. The van der Waals surface area contributed by atoms with Gasteiger partial charge in [0.25, 0.3) is 0 Å². The van der Waals surface area contributed by atoms with Gasteiger partial charge in [-0.05, 0) is 53.6 Å². The zero-order valence-corrected chi connectivity index (χ0v) is 19.5. The Labute approximate surface area is 206 Å². The average Bonchev–Trinajstić information content (AvgIpc) is 2.88. The number of amidine groups is 1. The molecule has 1 fully saturated rings. The van der Waals surface area contributed by atoms with E-state index >= 15 is 0 Å². The van der Waals surface area contributed by atoms with Gasteiger partial charge in [0.1, 0.15) is 23.3 Å². The summed E-state index contributed by atoms with van der Waals surface area (Å²) in [6, 6.07) is 15.1. The predicted octanol–water partition coefficient (Wildman–Crippen LogP) is 5.07. The van der Waals surface area contributed by atoms with Crippen molar-refractivity contribution in [1.82, 2.24) is 9.80 Å². The number of nitrogens with one attached hydrogen (secondary N) is 1. The third kappa shape index (κ3) is 6.10. The minimum absolute atomic E-state index is 0.125. The van der Waals surface area contributed by atoms with E-state index in [1.54, 1.807) is 42.3 Å². The van der Waals surface area contributed by atoms with Crippen LogP contribution in [0.5, 0.6) is 0 Å². The molecule has 0 aliphatic carbocycles. The van der Waals surface area contributed by atoms with E-state index in [1.807, 2.05) is 4.90 Å². The molecule has 0 saturated carbocycles. The molecule has 0 aromatic heterocycles. The molecule has 4 rings (SSSR count). The molecule has 1 aliphatic rings. The Morgan fingerprint density at radius 1 is 0.917 bits per heavy atom. The molecule has 1 heterocycles. The molecular formula is C27H24F4N4O. The molecule has 3 aromatic carbocycles. The first-order valence-electron chi connectivity index (χ1n) is 11.3. The molecule has 0 radical (unpaired) electrons. The summed E-state index contributed by atoms with van der Waals surface area (Å²) in [5, 5.41) is 3.10. The van der Waals surface area contributed by atoms with Gasteiger partial charge in [-0.1, -0.05) is 24.3 Å². The molecule has 1 N–H and O–H groups in total. The lowest BCUT2D eigenvalue weighted by Crippen LogP contribution is -2.53. The SMILES string of the molecule is CN=C1CN(C(=O)Cc2ccc(F)cc2)CCN1/C(=C/c1ccc(F)cc1)Nc1ccc(F)c(F)c1. The van der Waals surface area contributed by atoms with Crippen molar-refractivity contribution in [1.29, 1.82) is 0 Å². The van der Waals surface area contributed by atoms with E-state index in [-0.39, 0.29) is 30.5 Å². The number of carbonyl (C=O) groups is 1. The Kier molecular flexibility index (Phi) is 7.68. The van der Waals surface area contributed by atoms with Gasteiger partial charge in [0, 0.05) is 31.9 Å². The molecule has 186 valence electrons. The first kappa shape index (κ1) is 25.0. The topological polar surface area (TPSA) is 47.9 Å². The van der Waals surface area contributed by atoms with Gasteiger partial charge in [-0.15, -0.1) is 0 Å². The summed E-state index contributed by atoms with van der Waals surface area (Å²) in [4.78, 5) is 20.7. The van der Waals surface area contributed by atoms with E-state index in [9.17, 15) is 22.4 Å². The number of benzene rings is 3. The summed E-state index contributed by atoms with van der Waals surface area (Å²) in [7, 11) is 1.60. The van der Waals surface area contributed by atoms with E-state index in [0.717, 1.165) is 12.1 Å². The van der Waals surface area contributed by atoms with Gasteiger partial charge in [0.2, 0.25) is 5.91 Å². The Morgan fingerprint density at radius 3 is 2.22 bits per heavy atom. The van der Waals surface area contributed by atoms with Crippen molar-refractivity contribution in [3.63, 3.8) is 0 Å². The number of amides is 1. The fraction of sp³-hybridized carbons (Fsp3) is 0.185. The third-order valence-electron chi connectivity index (χ3n) is 5.77. The van der Waals surface area contributed by atoms with E-state index < -0.39 is 11.6 Å². The molecular weight excluding hydrogens is 472 g/mol. The number of halogens is 4. The molecule has 5 nitrogen and oxygen atoms in total. The molecule has 1 saturated heterocycles. The molecule has 0 unspecified atom stereocenters. The van der Waals surface area contributed by atoms with Crippen LogP contribution in [0.4, 0.5) is 23.2 Å². The minimum Gasteiger partial charge on any atom is -0.342 e. The van der Waals surface area contributed by atoms with Crippen LogP contribution in [0.15, 0.2) is 77.5 Å². The van der Waals surface area contributed by atoms with E-state index in [2.05, 4.69) is 10.3 Å². The molecule has 0 bridgehead atoms. The van der Waals surface area contributed by atoms with Gasteiger partial charge in [-0.2, -0.15) is 0 Å². The van der Waals surface area contributed by atoms with Crippen molar-refractivity contribution in [3.05, 3.63) is 107 Å². The number of rotatable bonds is 6. The van der Waals surface area contributed by atoms with Gasteiger partial charge >= 0.3 is 0 Å². The standard InChI is InChI=1S/C27H24F4N4O/c1-32-26-17-34(27(36)15-19-4-8-21(29)9-5-19)12-13-35(26)25(14-18-2-6-20(28)7-3-18)33-22-10-11-23(30)24(31)16-22/h2-11,14,16,33H,12-13,15,17H2,1H3/b25-14+,32-26?. The van der Waals surface area contributed by atoms with Crippen LogP contribution in [0.3, 0.4) is 0 Å². The van der Waals surface area contributed by atoms with Crippen molar-refractivity contribution in [3.8, 4) is 0 Å². The number of nitrogens with zero attached hydrogens (tertiary/aromatic N) is 3. The van der Waals surface area contributed by atoms with E-state index in [4.69, 9.17) is 0 Å². The normalized spacial score (nSPS) is 15.4. The number of carbonyl (C=O) groups excluding carboxylic acids is 1. The Hall–Kier alpha value is -4.14. The smallest absolute Gasteiger partial charge is 0.227 e. The van der Waals surface area contributed by atoms with Crippen LogP contribution in [0, 0.1) is 23.3 Å². The zero-order valence-electron chi connectivity index (χ0n) is 19.5. The fourth-order valence-corrected chi connectivity index (χ4v) is 3.86. The van der Waals surface area contributed by atoms with Gasteiger partial charge in [0.05, 0.1) is 13.0 Å². The lowest BCUT2D eigenvalue weighted by molar-refractivity contribution is -0.130. The van der Waals surface area contributed by atoms with E-state index in [0.29, 0.717) is 41.6 Å². The van der Waals surface area contributed by atoms with Crippen LogP contribution in [0.2, 0.25) is 0 Å². The number of anilines is 1. The monoisotopic (exact) mass is 496 g/mol. The number of hydrogen-bond donors (Lipinski definition) is 1. The Balaban J connectivity index is 1.56. The molecule has 0 spiro atoms. The van der Waals surface area contributed by atoms with Crippen LogP contribution >= 0.6 is 0 Å². The summed E-state index contributed by atoms with van der Waals surface area (Å²) in [5.74, 6) is -1.77. The Bertz CT molecular complexity index is 1290. The molecule has 0 atom stereocenters. The van der Waals surface area contributed by atoms with Crippen molar-refractivity contribution in [2.45, 2.75) is 6.42 Å². The summed E-state index contributed by atoms with van der Waals surface area (Å²) >= 11 is 0.